The molecule has 180 valence electrons. The Labute approximate surface area is 181 Å². The third kappa shape index (κ3) is 12.6. The molecule has 0 rings (SSSR count). The first-order valence-corrected chi connectivity index (χ1v) is 9.18. The molecule has 0 aliphatic rings. The van der Waals surface area contributed by atoms with E-state index >= 15 is 0 Å². The van der Waals surface area contributed by atoms with Gasteiger partial charge in [0.25, 0.3) is 0 Å². The van der Waals surface area contributed by atoms with E-state index in [4.69, 9.17) is 32.5 Å². The third-order valence-electron chi connectivity index (χ3n) is 3.75. The summed E-state index contributed by atoms with van der Waals surface area (Å²) in [6.45, 7) is -0.406. The Morgan fingerprint density at radius 3 is 1.91 bits per heavy atom. The Kier molecular flexibility index (Phi) is 12.4. The zero-order valence-corrected chi connectivity index (χ0v) is 16.9. The molecule has 3 atom stereocenters. The second-order valence-electron chi connectivity index (χ2n) is 6.49. The number of hydrogen-bond acceptors (Lipinski definition) is 8. The van der Waals surface area contributed by atoms with Crippen molar-refractivity contribution < 1.29 is 44.1 Å². The van der Waals surface area contributed by atoms with Crippen LogP contribution in [0.15, 0.2) is 4.99 Å². The summed E-state index contributed by atoms with van der Waals surface area (Å²) in [5, 5.41) is 32.6. The number of aliphatic carboxylic acids is 3. The predicted octanol–water partition coefficient (Wildman–Crippen LogP) is -4.51. The van der Waals surface area contributed by atoms with Crippen LogP contribution in [0.4, 0.5) is 0 Å². The summed E-state index contributed by atoms with van der Waals surface area (Å²) in [5.74, 6) is -7.68. The molecule has 0 aromatic carbocycles. The van der Waals surface area contributed by atoms with Gasteiger partial charge in [-0.1, -0.05) is 0 Å². The van der Waals surface area contributed by atoms with Gasteiger partial charge in [0.05, 0.1) is 25.4 Å². The Morgan fingerprint density at radius 1 is 0.844 bits per heavy atom. The molecule has 32 heavy (non-hydrogen) atoms. The van der Waals surface area contributed by atoms with Gasteiger partial charge in [-0.25, -0.2) is 4.79 Å². The van der Waals surface area contributed by atoms with Crippen molar-refractivity contribution in [2.75, 3.05) is 13.1 Å². The fourth-order valence-corrected chi connectivity index (χ4v) is 2.23. The van der Waals surface area contributed by atoms with E-state index in [0.29, 0.717) is 6.42 Å². The van der Waals surface area contributed by atoms with E-state index in [2.05, 4.69) is 10.3 Å². The normalized spacial score (nSPS) is 13.0. The van der Waals surface area contributed by atoms with Gasteiger partial charge < -0.3 is 48.5 Å². The lowest BCUT2D eigenvalue weighted by Crippen LogP contribution is -2.54. The van der Waals surface area contributed by atoms with Gasteiger partial charge in [-0.05, 0) is 12.8 Å². The quantitative estimate of drug-likeness (QED) is 0.0633. The fourth-order valence-electron chi connectivity index (χ4n) is 2.23. The summed E-state index contributed by atoms with van der Waals surface area (Å²) in [6.07, 6.45) is -1.30. The summed E-state index contributed by atoms with van der Waals surface area (Å²) in [5.41, 5.74) is 16.0. The number of nitrogens with two attached hydrogens (primary N) is 3. The van der Waals surface area contributed by atoms with Gasteiger partial charge in [-0.15, -0.1) is 0 Å². The van der Waals surface area contributed by atoms with Crippen molar-refractivity contribution in [3.63, 3.8) is 0 Å². The molecule has 0 saturated heterocycles. The molecule has 3 unspecified atom stereocenters. The van der Waals surface area contributed by atoms with Gasteiger partial charge in [0.15, 0.2) is 5.96 Å². The molecular weight excluding hydrogens is 434 g/mol. The third-order valence-corrected chi connectivity index (χ3v) is 3.75. The van der Waals surface area contributed by atoms with Crippen LogP contribution in [0.3, 0.4) is 0 Å². The second-order valence-corrected chi connectivity index (χ2v) is 6.49. The van der Waals surface area contributed by atoms with Crippen molar-refractivity contribution in [2.45, 2.75) is 43.8 Å². The molecule has 3 amide bonds. The number of hydrogen-bond donors (Lipinski definition) is 9. The number of nitrogens with one attached hydrogen (secondary N) is 3. The topological polar surface area (TPSA) is 290 Å². The standard InChI is InChI=1S/C16H27N7O9/c17-7(2-1-3-20-16(18)19)13(29)21-6-10(24)22-8(4-11(25)26)14(30)23-9(15(31)32)5-12(27)28/h7-9H,1-6,17H2,(H,21,29)(H,22,24)(H,23,30)(H,25,26)(H,27,28)(H,31,32)(H4,18,19,20). The van der Waals surface area contributed by atoms with Crippen molar-refractivity contribution in [1.82, 2.24) is 16.0 Å². The molecule has 0 spiro atoms. The number of rotatable bonds is 15. The molecule has 0 bridgehead atoms. The number of amides is 3. The van der Waals surface area contributed by atoms with Crippen molar-refractivity contribution in [1.29, 1.82) is 0 Å². The smallest absolute Gasteiger partial charge is 0.326 e. The largest absolute Gasteiger partial charge is 0.481 e. The first kappa shape index (κ1) is 28.0. The van der Waals surface area contributed by atoms with Gasteiger partial charge in [-0.3, -0.25) is 29.0 Å². The van der Waals surface area contributed by atoms with E-state index < -0.39 is 73.1 Å². The van der Waals surface area contributed by atoms with Crippen molar-refractivity contribution in [2.24, 2.45) is 22.2 Å². The van der Waals surface area contributed by atoms with Crippen LogP contribution in [0, 0.1) is 0 Å². The number of carbonyl (C=O) groups excluding carboxylic acids is 3. The lowest BCUT2D eigenvalue weighted by Gasteiger charge is -2.20. The summed E-state index contributed by atoms with van der Waals surface area (Å²) < 4.78 is 0. The molecule has 0 heterocycles. The predicted molar refractivity (Wildman–Crippen MR) is 107 cm³/mol. The number of nitrogens with zero attached hydrogens (tertiary/aromatic N) is 1. The first-order valence-electron chi connectivity index (χ1n) is 9.18. The molecule has 0 radical (unpaired) electrons. The highest BCUT2D eigenvalue weighted by Crippen LogP contribution is 1.99. The molecule has 0 saturated carbocycles. The Balaban J connectivity index is 4.80. The van der Waals surface area contributed by atoms with Crippen LogP contribution >= 0.6 is 0 Å². The van der Waals surface area contributed by atoms with E-state index in [1.807, 2.05) is 10.6 Å². The number of carbonyl (C=O) groups is 6. The van der Waals surface area contributed by atoms with E-state index in [1.54, 1.807) is 0 Å². The molecule has 0 aliphatic carbocycles. The molecule has 16 nitrogen and oxygen atoms in total. The van der Waals surface area contributed by atoms with Crippen LogP contribution in [0.1, 0.15) is 25.7 Å². The van der Waals surface area contributed by atoms with Gasteiger partial charge in [0.2, 0.25) is 17.7 Å². The maximum absolute atomic E-state index is 12.2. The lowest BCUT2D eigenvalue weighted by atomic mass is 10.1. The summed E-state index contributed by atoms with van der Waals surface area (Å²) in [7, 11) is 0. The number of guanidine groups is 1. The molecular formula is C16H27N7O9. The maximum atomic E-state index is 12.2. The molecule has 0 fully saturated rings. The highest BCUT2D eigenvalue weighted by Gasteiger charge is 2.29. The highest BCUT2D eigenvalue weighted by atomic mass is 16.4. The van der Waals surface area contributed by atoms with Crippen molar-refractivity contribution in [3.05, 3.63) is 0 Å². The SMILES string of the molecule is NC(N)=NCCCC(N)C(=O)NCC(=O)NC(CC(=O)O)C(=O)NC(CC(=O)O)C(=O)O. The van der Waals surface area contributed by atoms with Gasteiger partial charge in [0, 0.05) is 6.54 Å². The number of carboxylic acids is 3. The number of carboxylic acid groups (broad SMARTS) is 3. The highest BCUT2D eigenvalue weighted by molar-refractivity contribution is 5.95. The maximum Gasteiger partial charge on any atom is 0.326 e. The minimum atomic E-state index is -1.84. The van der Waals surface area contributed by atoms with Crippen LogP contribution in [0.25, 0.3) is 0 Å². The fraction of sp³-hybridized carbons (Fsp3) is 0.562. The average molecular weight is 461 g/mol. The average Bonchev–Trinajstić information content (AvgIpc) is 2.67. The monoisotopic (exact) mass is 461 g/mol. The van der Waals surface area contributed by atoms with E-state index in [9.17, 15) is 28.8 Å². The minimum absolute atomic E-state index is 0.114. The van der Waals surface area contributed by atoms with Gasteiger partial charge >= 0.3 is 17.9 Å². The molecule has 0 aromatic heterocycles. The van der Waals surface area contributed by atoms with E-state index in [-0.39, 0.29) is 18.9 Å². The summed E-state index contributed by atoms with van der Waals surface area (Å²) >= 11 is 0. The second kappa shape index (κ2) is 14.1. The van der Waals surface area contributed by atoms with E-state index in [0.717, 1.165) is 0 Å². The van der Waals surface area contributed by atoms with Crippen LogP contribution in [0.2, 0.25) is 0 Å². The van der Waals surface area contributed by atoms with Gasteiger partial charge in [-0.2, -0.15) is 0 Å². The number of aliphatic imine (C=N–C) groups is 1. The van der Waals surface area contributed by atoms with Gasteiger partial charge in [0.1, 0.15) is 12.1 Å². The zero-order chi connectivity index (χ0) is 24.8. The van der Waals surface area contributed by atoms with Crippen LogP contribution in [0.5, 0.6) is 0 Å². The minimum Gasteiger partial charge on any atom is -0.481 e. The Morgan fingerprint density at radius 2 is 1.41 bits per heavy atom. The van der Waals surface area contributed by atoms with Crippen molar-refractivity contribution in [3.8, 4) is 0 Å². The Hall–Kier alpha value is -3.95. The molecule has 12 N–H and O–H groups in total. The molecule has 0 aliphatic heterocycles. The van der Waals surface area contributed by atoms with Crippen LogP contribution in [-0.2, 0) is 28.8 Å². The van der Waals surface area contributed by atoms with Crippen LogP contribution in [-0.4, -0.2) is 88.1 Å². The van der Waals surface area contributed by atoms with Crippen molar-refractivity contribution >= 4 is 41.6 Å². The van der Waals surface area contributed by atoms with E-state index in [1.165, 1.54) is 0 Å². The van der Waals surface area contributed by atoms with Crippen LogP contribution < -0.4 is 33.2 Å². The summed E-state index contributed by atoms with van der Waals surface area (Å²) in [6, 6.07) is -4.55. The Bertz CT molecular complexity index is 752. The summed E-state index contributed by atoms with van der Waals surface area (Å²) in [4.78, 5) is 72.5. The lowest BCUT2D eigenvalue weighted by molar-refractivity contribution is -0.148. The molecule has 16 heteroatoms. The molecule has 0 aromatic rings. The first-order chi connectivity index (χ1) is 14.8. The zero-order valence-electron chi connectivity index (χ0n) is 16.9.